The number of furan rings is 2. The van der Waals surface area contributed by atoms with E-state index >= 15 is 0 Å². The molecule has 4 heterocycles. The van der Waals surface area contributed by atoms with E-state index in [-0.39, 0.29) is 10.8 Å². The molecule has 0 amide bonds. The molecular formula is C58H44N2O2. The third-order valence-corrected chi connectivity index (χ3v) is 14.3. The lowest BCUT2D eigenvalue weighted by molar-refractivity contribution is 0.630. The molecule has 11 aromatic rings. The first kappa shape index (κ1) is 35.5. The third kappa shape index (κ3) is 4.62. The predicted octanol–water partition coefficient (Wildman–Crippen LogP) is 16.6. The highest BCUT2D eigenvalue weighted by atomic mass is 16.3. The van der Waals surface area contributed by atoms with Gasteiger partial charge in [-0.3, -0.25) is 0 Å². The molecule has 0 N–H and O–H groups in total. The molecule has 13 rings (SSSR count). The van der Waals surface area contributed by atoms with Gasteiger partial charge in [0.1, 0.15) is 22.3 Å². The van der Waals surface area contributed by atoms with Crippen LogP contribution in [0, 0.1) is 13.8 Å². The van der Waals surface area contributed by atoms with Crippen LogP contribution in [0.25, 0.3) is 65.4 Å². The Kier molecular flexibility index (Phi) is 6.96. The molecule has 0 saturated carbocycles. The molecule has 4 nitrogen and oxygen atoms in total. The Morgan fingerprint density at radius 1 is 0.323 bits per heavy atom. The van der Waals surface area contributed by atoms with Crippen LogP contribution in [0.5, 0.6) is 0 Å². The zero-order valence-corrected chi connectivity index (χ0v) is 35.7. The lowest BCUT2D eigenvalue weighted by Gasteiger charge is -2.44. The highest BCUT2D eigenvalue weighted by Gasteiger charge is 2.41. The number of benzene rings is 9. The van der Waals surface area contributed by atoms with E-state index in [1.807, 2.05) is 0 Å². The van der Waals surface area contributed by atoms with Crippen LogP contribution in [0.1, 0.15) is 61.1 Å². The zero-order valence-electron chi connectivity index (χ0n) is 35.7. The predicted molar refractivity (Wildman–Crippen MR) is 259 cm³/mol. The Hall–Kier alpha value is -7.30. The Morgan fingerprint density at radius 2 is 0.726 bits per heavy atom. The summed E-state index contributed by atoms with van der Waals surface area (Å²) in [6.07, 6.45) is 0. The van der Waals surface area contributed by atoms with Gasteiger partial charge in [0.05, 0.1) is 34.1 Å². The van der Waals surface area contributed by atoms with Gasteiger partial charge in [-0.1, -0.05) is 136 Å². The van der Waals surface area contributed by atoms with Crippen molar-refractivity contribution in [1.82, 2.24) is 0 Å². The van der Waals surface area contributed by atoms with E-state index in [0.29, 0.717) is 0 Å². The number of fused-ring (bicyclic) bond motifs is 12. The summed E-state index contributed by atoms with van der Waals surface area (Å²) in [6, 6.07) is 58.3. The summed E-state index contributed by atoms with van der Waals surface area (Å²) < 4.78 is 13.3. The molecule has 0 radical (unpaired) electrons. The van der Waals surface area contributed by atoms with Crippen molar-refractivity contribution < 1.29 is 8.83 Å². The number of nitrogens with zero attached hydrogens (tertiary/aromatic N) is 2. The van der Waals surface area contributed by atoms with Crippen LogP contribution >= 0.6 is 0 Å². The van der Waals surface area contributed by atoms with Crippen molar-refractivity contribution in [1.29, 1.82) is 0 Å². The minimum atomic E-state index is -0.275. The van der Waals surface area contributed by atoms with Crippen molar-refractivity contribution >= 4 is 99.5 Å². The van der Waals surface area contributed by atoms with E-state index in [2.05, 4.69) is 209 Å². The molecule has 0 fully saturated rings. The number of anilines is 6. The second-order valence-corrected chi connectivity index (χ2v) is 18.7. The molecule has 62 heavy (non-hydrogen) atoms. The van der Waals surface area contributed by atoms with Crippen LogP contribution in [0.3, 0.4) is 0 Å². The maximum atomic E-state index is 6.66. The van der Waals surface area contributed by atoms with Crippen molar-refractivity contribution in [2.24, 2.45) is 0 Å². The molecule has 0 saturated heterocycles. The second kappa shape index (κ2) is 12.2. The molecule has 2 aromatic heterocycles. The monoisotopic (exact) mass is 800 g/mol. The maximum Gasteiger partial charge on any atom is 0.137 e. The molecule has 2 aliphatic rings. The molecule has 0 atom stereocenters. The summed E-state index contributed by atoms with van der Waals surface area (Å²) in [5.41, 5.74) is 17.6. The highest BCUT2D eigenvalue weighted by molar-refractivity contribution is 6.25. The lowest BCUT2D eigenvalue weighted by atomic mass is 9.72. The molecule has 298 valence electrons. The zero-order chi connectivity index (χ0) is 41.8. The van der Waals surface area contributed by atoms with Crippen LogP contribution in [0.15, 0.2) is 167 Å². The second-order valence-electron chi connectivity index (χ2n) is 18.7. The minimum absolute atomic E-state index is 0.275. The number of rotatable bonds is 2. The van der Waals surface area contributed by atoms with Crippen molar-refractivity contribution in [3.05, 3.63) is 191 Å². The van der Waals surface area contributed by atoms with E-state index in [0.717, 1.165) is 55.3 Å². The van der Waals surface area contributed by atoms with Crippen LogP contribution in [0.2, 0.25) is 0 Å². The van der Waals surface area contributed by atoms with Gasteiger partial charge in [-0.05, 0) is 84.6 Å². The number of para-hydroxylation sites is 4. The van der Waals surface area contributed by atoms with Gasteiger partial charge in [0.25, 0.3) is 0 Å². The first-order valence-corrected chi connectivity index (χ1v) is 21.8. The fraction of sp³-hybridized carbons (Fsp3) is 0.138. The van der Waals surface area contributed by atoms with Crippen molar-refractivity contribution in [2.45, 2.75) is 52.4 Å². The maximum absolute atomic E-state index is 6.66. The molecule has 4 heteroatoms. The normalized spacial score (nSPS) is 15.1. The Morgan fingerprint density at radius 3 is 1.18 bits per heavy atom. The lowest BCUT2D eigenvalue weighted by Crippen LogP contribution is -2.31. The molecule has 2 aliphatic heterocycles. The quantitative estimate of drug-likeness (QED) is 0.163. The van der Waals surface area contributed by atoms with E-state index in [1.165, 1.54) is 77.7 Å². The molecule has 0 unspecified atom stereocenters. The average molecular weight is 801 g/mol. The van der Waals surface area contributed by atoms with Gasteiger partial charge in [0.15, 0.2) is 0 Å². The van der Waals surface area contributed by atoms with Gasteiger partial charge >= 0.3 is 0 Å². The fourth-order valence-electron chi connectivity index (χ4n) is 11.2. The molecule has 0 spiro atoms. The SMILES string of the molecule is Cc1ccc2c(N3c4ccccc4C(C)(C)c4cc5c(cc43)oc3ccccc35)c3cc(C)ccc3c(N3c4ccccc4C(C)(C)c4cc5c(cc43)oc3ccccc35)c2c1. The fourth-order valence-corrected chi connectivity index (χ4v) is 11.2. The van der Waals surface area contributed by atoms with Crippen molar-refractivity contribution in [3.8, 4) is 0 Å². The van der Waals surface area contributed by atoms with Gasteiger partial charge < -0.3 is 18.6 Å². The van der Waals surface area contributed by atoms with E-state index in [4.69, 9.17) is 8.83 Å². The summed E-state index contributed by atoms with van der Waals surface area (Å²) in [4.78, 5) is 5.09. The standard InChI is InChI=1S/C58H44N2O2/c1-33-23-25-37-41(27-33)55(59-47-19-11-9-17-43(47)57(3,4)45-29-39-35-15-7-13-21-51(35)61-53(39)31-49(45)59)38-26-24-34(2)28-42(38)56(37)60-48-20-12-10-18-44(48)58(5,6)46-30-40-36-16-8-14-22-52(36)62-54(40)32-50(46)60/h7-32H,1-6H3. The van der Waals surface area contributed by atoms with Gasteiger partial charge in [0, 0.05) is 66.1 Å². The Bertz CT molecular complexity index is 3500. The summed E-state index contributed by atoms with van der Waals surface area (Å²) in [5, 5.41) is 9.32. The minimum Gasteiger partial charge on any atom is -0.456 e. The van der Waals surface area contributed by atoms with Crippen molar-refractivity contribution in [3.63, 3.8) is 0 Å². The van der Waals surface area contributed by atoms with Gasteiger partial charge in [-0.25, -0.2) is 0 Å². The largest absolute Gasteiger partial charge is 0.456 e. The van der Waals surface area contributed by atoms with Gasteiger partial charge in [0.2, 0.25) is 0 Å². The molecule has 0 aliphatic carbocycles. The van der Waals surface area contributed by atoms with E-state index < -0.39 is 0 Å². The van der Waals surface area contributed by atoms with Gasteiger partial charge in [-0.2, -0.15) is 0 Å². The summed E-state index contributed by atoms with van der Waals surface area (Å²) in [7, 11) is 0. The Balaban J connectivity index is 1.17. The first-order chi connectivity index (χ1) is 30.1. The van der Waals surface area contributed by atoms with Crippen LogP contribution < -0.4 is 9.80 Å². The van der Waals surface area contributed by atoms with Crippen LogP contribution in [0.4, 0.5) is 34.1 Å². The van der Waals surface area contributed by atoms with E-state index in [9.17, 15) is 0 Å². The Labute approximate surface area is 360 Å². The molecule has 0 bridgehead atoms. The highest BCUT2D eigenvalue weighted by Crippen LogP contribution is 2.60. The smallest absolute Gasteiger partial charge is 0.137 e. The number of hydrogen-bond donors (Lipinski definition) is 0. The van der Waals surface area contributed by atoms with Crippen LogP contribution in [-0.2, 0) is 10.8 Å². The van der Waals surface area contributed by atoms with Gasteiger partial charge in [-0.15, -0.1) is 0 Å². The van der Waals surface area contributed by atoms with Crippen LogP contribution in [-0.4, -0.2) is 0 Å². The summed E-state index contributed by atoms with van der Waals surface area (Å²) in [5.74, 6) is 0. The number of hydrogen-bond acceptors (Lipinski definition) is 4. The molecule has 9 aromatic carbocycles. The molecular weight excluding hydrogens is 757 g/mol. The third-order valence-electron chi connectivity index (χ3n) is 14.3. The average Bonchev–Trinajstić information content (AvgIpc) is 3.83. The topological polar surface area (TPSA) is 32.8 Å². The first-order valence-electron chi connectivity index (χ1n) is 21.8. The number of aryl methyl sites for hydroxylation is 2. The summed E-state index contributed by atoms with van der Waals surface area (Å²) >= 11 is 0. The van der Waals surface area contributed by atoms with E-state index in [1.54, 1.807) is 0 Å². The summed E-state index contributed by atoms with van der Waals surface area (Å²) in [6.45, 7) is 13.9. The van der Waals surface area contributed by atoms with Crippen molar-refractivity contribution in [2.75, 3.05) is 9.80 Å².